The summed E-state index contributed by atoms with van der Waals surface area (Å²) < 4.78 is 12.4. The summed E-state index contributed by atoms with van der Waals surface area (Å²) in [6.07, 6.45) is 6.72. The van der Waals surface area contributed by atoms with Crippen LogP contribution in [0.3, 0.4) is 0 Å². The van der Waals surface area contributed by atoms with E-state index in [-0.39, 0.29) is 6.67 Å². The van der Waals surface area contributed by atoms with E-state index in [1.807, 2.05) is 24.4 Å². The number of fused-ring (bicyclic) bond motifs is 1. The Labute approximate surface area is 211 Å². The molecule has 0 unspecified atom stereocenters. The first-order valence-electron chi connectivity index (χ1n) is 12.1. The van der Waals surface area contributed by atoms with Crippen LogP contribution in [0.5, 0.6) is 0 Å². The van der Waals surface area contributed by atoms with Crippen molar-refractivity contribution in [1.29, 1.82) is 0 Å². The van der Waals surface area contributed by atoms with E-state index in [1.54, 1.807) is 0 Å². The Kier molecular flexibility index (Phi) is 7.34. The lowest BCUT2D eigenvalue weighted by molar-refractivity contribution is 0.0968. The van der Waals surface area contributed by atoms with Gasteiger partial charge >= 0.3 is 0 Å². The number of aromatic nitrogens is 1. The average molecular weight is 495 g/mol. The normalized spacial score (nSPS) is 16.8. The second kappa shape index (κ2) is 10.6. The molecule has 3 aromatic rings. The van der Waals surface area contributed by atoms with E-state index >= 15 is 0 Å². The molecule has 1 fully saturated rings. The Bertz CT molecular complexity index is 1180. The van der Waals surface area contributed by atoms with Crippen molar-refractivity contribution in [3.05, 3.63) is 98.8 Å². The van der Waals surface area contributed by atoms with Crippen LogP contribution < -0.4 is 0 Å². The topological polar surface area (TPSA) is 16.1 Å². The fourth-order valence-electron chi connectivity index (χ4n) is 5.32. The van der Waals surface area contributed by atoms with Gasteiger partial charge in [0, 0.05) is 41.4 Å². The lowest BCUT2D eigenvalue weighted by Crippen LogP contribution is -2.47. The van der Waals surface area contributed by atoms with Gasteiger partial charge in [-0.05, 0) is 84.0 Å². The van der Waals surface area contributed by atoms with Gasteiger partial charge in [-0.2, -0.15) is 0 Å². The fraction of sp³-hybridized carbons (Fsp3) is 0.345. The maximum Gasteiger partial charge on any atom is 0.0906 e. The van der Waals surface area contributed by atoms with Gasteiger partial charge in [-0.3, -0.25) is 9.37 Å². The Morgan fingerprint density at radius 3 is 2.59 bits per heavy atom. The van der Waals surface area contributed by atoms with Crippen molar-refractivity contribution < 1.29 is 4.39 Å². The number of allylic oxidation sites excluding steroid dienone is 1. The number of pyridine rings is 1. The third-order valence-electron chi connectivity index (χ3n) is 6.96. The van der Waals surface area contributed by atoms with E-state index in [2.05, 4.69) is 41.3 Å². The minimum Gasteiger partial charge on any atom is -0.303 e. The SMILES string of the molecule is FCCCN1CC(Cc2ccc(C3=C(c4ccc(Cl)cc4Cl)CCCc4ccccc43)nc2)C1. The third-order valence-corrected chi connectivity index (χ3v) is 7.51. The molecule has 0 spiro atoms. The Morgan fingerprint density at radius 1 is 0.971 bits per heavy atom. The van der Waals surface area contributed by atoms with Crippen LogP contribution in [-0.2, 0) is 12.8 Å². The monoisotopic (exact) mass is 494 g/mol. The van der Waals surface area contributed by atoms with Crippen molar-refractivity contribution in [3.8, 4) is 0 Å². The number of hydrogen-bond donors (Lipinski definition) is 0. The Balaban J connectivity index is 1.47. The molecule has 2 nitrogen and oxygen atoms in total. The van der Waals surface area contributed by atoms with Crippen LogP contribution in [0.2, 0.25) is 10.0 Å². The van der Waals surface area contributed by atoms with Crippen molar-refractivity contribution in [2.45, 2.75) is 32.1 Å². The number of likely N-dealkylation sites (tertiary alicyclic amines) is 1. The number of hydrogen-bond acceptors (Lipinski definition) is 2. The summed E-state index contributed by atoms with van der Waals surface area (Å²) in [6, 6.07) is 18.8. The van der Waals surface area contributed by atoms with Crippen LogP contribution in [0.1, 0.15) is 47.2 Å². The molecule has 0 radical (unpaired) electrons. The zero-order chi connectivity index (χ0) is 23.5. The van der Waals surface area contributed by atoms with Gasteiger partial charge in [-0.1, -0.05) is 59.6 Å². The van der Waals surface area contributed by atoms with Gasteiger partial charge in [-0.15, -0.1) is 0 Å². The summed E-state index contributed by atoms with van der Waals surface area (Å²) in [6.45, 7) is 2.75. The molecule has 2 heterocycles. The second-order valence-corrected chi connectivity index (χ2v) is 10.3. The molecular formula is C29H29Cl2FN2. The highest BCUT2D eigenvalue weighted by molar-refractivity contribution is 6.36. The lowest BCUT2D eigenvalue weighted by Gasteiger charge is -2.39. The first-order chi connectivity index (χ1) is 16.6. The molecule has 176 valence electrons. The first kappa shape index (κ1) is 23.5. The van der Waals surface area contributed by atoms with Crippen LogP contribution >= 0.6 is 23.2 Å². The summed E-state index contributed by atoms with van der Waals surface area (Å²) in [5, 5.41) is 1.32. The van der Waals surface area contributed by atoms with Crippen LogP contribution in [0.15, 0.2) is 60.8 Å². The molecular weight excluding hydrogens is 466 g/mol. The van der Waals surface area contributed by atoms with E-state index in [4.69, 9.17) is 28.2 Å². The van der Waals surface area contributed by atoms with Crippen LogP contribution in [0, 0.1) is 5.92 Å². The highest BCUT2D eigenvalue weighted by Crippen LogP contribution is 2.41. The van der Waals surface area contributed by atoms with E-state index in [1.165, 1.54) is 27.8 Å². The minimum absolute atomic E-state index is 0.227. The number of aryl methyl sites for hydroxylation is 1. The summed E-state index contributed by atoms with van der Waals surface area (Å²) in [4.78, 5) is 7.29. The molecule has 1 aliphatic carbocycles. The standard InChI is InChI=1S/C29H29Cl2FN2/c30-23-10-11-25(27(31)16-23)26-8-3-6-22-5-1-2-7-24(22)29(26)28-12-9-20(17-33-28)15-21-18-34(19-21)14-4-13-32/h1-2,5,7,9-12,16-17,21H,3-4,6,8,13-15,18-19H2. The highest BCUT2D eigenvalue weighted by Gasteiger charge is 2.26. The van der Waals surface area contributed by atoms with Gasteiger partial charge in [0.25, 0.3) is 0 Å². The fourth-order valence-corrected chi connectivity index (χ4v) is 5.84. The van der Waals surface area contributed by atoms with Crippen LogP contribution in [0.4, 0.5) is 4.39 Å². The number of halogens is 3. The zero-order valence-electron chi connectivity index (χ0n) is 19.2. The molecule has 1 aliphatic heterocycles. The quantitative estimate of drug-likeness (QED) is 0.337. The maximum absolute atomic E-state index is 12.4. The van der Waals surface area contributed by atoms with Gasteiger partial charge in [0.15, 0.2) is 0 Å². The smallest absolute Gasteiger partial charge is 0.0906 e. The first-order valence-corrected chi connectivity index (χ1v) is 12.9. The minimum atomic E-state index is -0.227. The van der Waals surface area contributed by atoms with Crippen molar-refractivity contribution in [3.63, 3.8) is 0 Å². The van der Waals surface area contributed by atoms with E-state index in [9.17, 15) is 4.39 Å². The van der Waals surface area contributed by atoms with Gasteiger partial charge in [0.05, 0.1) is 12.4 Å². The molecule has 0 amide bonds. The second-order valence-electron chi connectivity index (χ2n) is 9.41. The third kappa shape index (κ3) is 5.07. The highest BCUT2D eigenvalue weighted by atomic mass is 35.5. The van der Waals surface area contributed by atoms with Crippen molar-refractivity contribution in [2.75, 3.05) is 26.3 Å². The van der Waals surface area contributed by atoms with Crippen molar-refractivity contribution >= 4 is 34.3 Å². The van der Waals surface area contributed by atoms with Crippen molar-refractivity contribution in [1.82, 2.24) is 9.88 Å². The number of nitrogens with zero attached hydrogens (tertiary/aromatic N) is 2. The van der Waals surface area contributed by atoms with Gasteiger partial charge < -0.3 is 4.90 Å². The summed E-state index contributed by atoms with van der Waals surface area (Å²) in [7, 11) is 0. The summed E-state index contributed by atoms with van der Waals surface area (Å²) in [5.74, 6) is 0.633. The molecule has 0 atom stereocenters. The largest absolute Gasteiger partial charge is 0.303 e. The van der Waals surface area contributed by atoms with Gasteiger partial charge in [0.1, 0.15) is 0 Å². The van der Waals surface area contributed by atoms with E-state index < -0.39 is 0 Å². The van der Waals surface area contributed by atoms with E-state index in [0.29, 0.717) is 22.4 Å². The van der Waals surface area contributed by atoms with Gasteiger partial charge in [0.2, 0.25) is 0 Å². The predicted molar refractivity (Wildman–Crippen MR) is 140 cm³/mol. The summed E-state index contributed by atoms with van der Waals surface area (Å²) in [5.41, 5.74) is 8.27. The maximum atomic E-state index is 12.4. The molecule has 5 heteroatoms. The summed E-state index contributed by atoms with van der Waals surface area (Å²) >= 11 is 12.9. The Morgan fingerprint density at radius 2 is 1.82 bits per heavy atom. The van der Waals surface area contributed by atoms with E-state index in [0.717, 1.165) is 56.6 Å². The van der Waals surface area contributed by atoms with Crippen LogP contribution in [-0.4, -0.2) is 36.2 Å². The zero-order valence-corrected chi connectivity index (χ0v) is 20.8. The van der Waals surface area contributed by atoms with Crippen molar-refractivity contribution in [2.24, 2.45) is 5.92 Å². The molecule has 0 bridgehead atoms. The number of rotatable bonds is 7. The Hall–Kier alpha value is -2.20. The molecule has 0 saturated carbocycles. The molecule has 34 heavy (non-hydrogen) atoms. The number of benzene rings is 2. The lowest BCUT2D eigenvalue weighted by atomic mass is 9.89. The molecule has 2 aromatic carbocycles. The predicted octanol–water partition coefficient (Wildman–Crippen LogP) is 7.52. The molecule has 1 aromatic heterocycles. The van der Waals surface area contributed by atoms with Crippen LogP contribution in [0.25, 0.3) is 11.1 Å². The number of alkyl halides is 1. The molecule has 2 aliphatic rings. The van der Waals surface area contributed by atoms with Gasteiger partial charge in [-0.25, -0.2) is 0 Å². The molecule has 0 N–H and O–H groups in total. The average Bonchev–Trinajstić information content (AvgIpc) is 3.00. The molecule has 5 rings (SSSR count). The molecule has 1 saturated heterocycles.